The van der Waals surface area contributed by atoms with E-state index in [0.29, 0.717) is 0 Å². The summed E-state index contributed by atoms with van der Waals surface area (Å²) in [5, 5.41) is 9.44. The van der Waals surface area contributed by atoms with Gasteiger partial charge in [-0.1, -0.05) is 0 Å². The van der Waals surface area contributed by atoms with E-state index in [1.807, 2.05) is 0 Å². The van der Waals surface area contributed by atoms with Gasteiger partial charge in [0.2, 0.25) is 0 Å². The van der Waals surface area contributed by atoms with Gasteiger partial charge in [0.15, 0.2) is 0 Å². The van der Waals surface area contributed by atoms with Crippen molar-refractivity contribution in [3.8, 4) is 0 Å². The molecular weight excluding hydrogens is 252 g/mol. The SMILES string of the molecule is [CH3][Au-]([CH3])([CH3])[CH3].[Li+]. The maximum atomic E-state index is 2.36. The fourth-order valence-electron chi connectivity index (χ4n) is 0. The minimum Gasteiger partial charge on any atom is 1.00 e. The molecule has 0 aliphatic rings. The molecule has 0 rings (SSSR count). The summed E-state index contributed by atoms with van der Waals surface area (Å²) in [6, 6.07) is 0. The summed E-state index contributed by atoms with van der Waals surface area (Å²) in [6.45, 7) is 0. The molecule has 0 aromatic heterocycles. The Balaban J connectivity index is 0. The second kappa shape index (κ2) is 3.35. The number of rotatable bonds is 0. The third-order valence-electron chi connectivity index (χ3n) is 0. The van der Waals surface area contributed by atoms with E-state index in [1.165, 1.54) is 0 Å². The Morgan fingerprint density at radius 2 is 0.833 bits per heavy atom. The van der Waals surface area contributed by atoms with Crippen molar-refractivity contribution in [1.82, 2.24) is 0 Å². The van der Waals surface area contributed by atoms with Crippen LogP contribution in [0, 0.1) is 0 Å². The van der Waals surface area contributed by atoms with E-state index < -0.39 is 17.1 Å². The van der Waals surface area contributed by atoms with Gasteiger partial charge in [-0.3, -0.25) is 0 Å². The molecule has 0 atom stereocenters. The first-order valence-corrected chi connectivity index (χ1v) is 9.87. The molecule has 0 unspecified atom stereocenters. The predicted molar refractivity (Wildman–Crippen MR) is 23.5 cm³/mol. The van der Waals surface area contributed by atoms with Crippen LogP contribution in [0.3, 0.4) is 0 Å². The zero-order valence-corrected chi connectivity index (χ0v) is 7.47. The second-order valence-electron chi connectivity index (χ2n) is 1.81. The molecule has 0 spiro atoms. The van der Waals surface area contributed by atoms with E-state index >= 15 is 0 Å². The minimum absolute atomic E-state index is 0. The molecule has 0 fully saturated rings. The Hall–Kier alpha value is 1.34. The van der Waals surface area contributed by atoms with Crippen LogP contribution in [-0.4, -0.2) is 0 Å². The van der Waals surface area contributed by atoms with Crippen LogP contribution in [0.4, 0.5) is 0 Å². The molecule has 0 aromatic carbocycles. The summed E-state index contributed by atoms with van der Waals surface area (Å²) < 4.78 is 0. The Labute approximate surface area is 56.4 Å². The zero-order chi connectivity index (χ0) is 4.50. The molecule has 0 radical (unpaired) electrons. The van der Waals surface area contributed by atoms with E-state index in [4.69, 9.17) is 0 Å². The molecule has 2 heteroatoms. The van der Waals surface area contributed by atoms with E-state index in [2.05, 4.69) is 20.6 Å². The van der Waals surface area contributed by atoms with Crippen molar-refractivity contribution < 1.29 is 36.0 Å². The van der Waals surface area contributed by atoms with Gasteiger partial charge in [-0.15, -0.1) is 0 Å². The molecule has 6 heavy (non-hydrogen) atoms. The molecule has 0 heterocycles. The van der Waals surface area contributed by atoms with Crippen molar-refractivity contribution in [2.45, 2.75) is 20.6 Å². The number of hydrogen-bond donors (Lipinski definition) is 0. The van der Waals surface area contributed by atoms with Gasteiger partial charge in [0.25, 0.3) is 0 Å². The summed E-state index contributed by atoms with van der Waals surface area (Å²) in [5.74, 6) is 0. The third-order valence-corrected chi connectivity index (χ3v) is 0. The Bertz CT molecular complexity index is 23.0. The molecule has 0 aliphatic heterocycles. The van der Waals surface area contributed by atoms with Crippen LogP contribution in [-0.2, 0) is 17.1 Å². The van der Waals surface area contributed by atoms with Crippen LogP contribution in [0.1, 0.15) is 0 Å². The summed E-state index contributed by atoms with van der Waals surface area (Å²) in [6.07, 6.45) is 0. The molecule has 0 saturated heterocycles. The molecule has 0 N–H and O–H groups in total. The zero-order valence-electron chi connectivity index (χ0n) is 5.30. The summed E-state index contributed by atoms with van der Waals surface area (Å²) in [4.78, 5) is 0. The summed E-state index contributed by atoms with van der Waals surface area (Å²) in [7, 11) is 0. The first-order valence-electron chi connectivity index (χ1n) is 1.21. The smallest absolute Gasteiger partial charge is 1.00 e. The van der Waals surface area contributed by atoms with Gasteiger partial charge in [0.05, 0.1) is 0 Å². The van der Waals surface area contributed by atoms with E-state index in [-0.39, 0.29) is 18.9 Å². The average molecular weight is 264 g/mol. The van der Waals surface area contributed by atoms with Gasteiger partial charge in [0.1, 0.15) is 0 Å². The molecule has 0 saturated carbocycles. The van der Waals surface area contributed by atoms with Crippen LogP contribution in [0.15, 0.2) is 0 Å². The van der Waals surface area contributed by atoms with Crippen molar-refractivity contribution in [3.63, 3.8) is 0 Å². The Morgan fingerprint density at radius 3 is 0.833 bits per heavy atom. The van der Waals surface area contributed by atoms with E-state index in [0.717, 1.165) is 0 Å². The van der Waals surface area contributed by atoms with E-state index in [9.17, 15) is 0 Å². The third kappa shape index (κ3) is 56.1. The van der Waals surface area contributed by atoms with Crippen LogP contribution in [0.2, 0.25) is 20.6 Å². The fraction of sp³-hybridized carbons (Fsp3) is 1.00. The molecule has 40 valence electrons. The average Bonchev–Trinajstić information content (AvgIpc) is 0.722. The summed E-state index contributed by atoms with van der Waals surface area (Å²) >= 11 is -0.889. The van der Waals surface area contributed by atoms with Crippen LogP contribution in [0.5, 0.6) is 0 Å². The molecule has 0 aromatic rings. The van der Waals surface area contributed by atoms with Gasteiger partial charge in [-0.2, -0.15) is 0 Å². The van der Waals surface area contributed by atoms with Crippen molar-refractivity contribution in [3.05, 3.63) is 0 Å². The standard InChI is InChI=1S/4CH3.Au.Li/h4*1H3;;/q;;;;-1;+1. The van der Waals surface area contributed by atoms with Crippen LogP contribution < -0.4 is 18.9 Å². The normalized spacial score (nSPS) is 12.7. The Morgan fingerprint density at radius 1 is 0.833 bits per heavy atom. The second-order valence-corrected chi connectivity index (χ2v) is 14.8. The molecular formula is C4H12AuLi. The van der Waals surface area contributed by atoms with Crippen molar-refractivity contribution >= 4 is 0 Å². The van der Waals surface area contributed by atoms with Gasteiger partial charge in [-0.25, -0.2) is 0 Å². The first kappa shape index (κ1) is 10.3. The van der Waals surface area contributed by atoms with E-state index in [1.54, 1.807) is 0 Å². The van der Waals surface area contributed by atoms with Crippen LogP contribution >= 0.6 is 0 Å². The maximum absolute atomic E-state index is 2.36. The minimum atomic E-state index is -0.889. The van der Waals surface area contributed by atoms with Gasteiger partial charge < -0.3 is 0 Å². The fourth-order valence-corrected chi connectivity index (χ4v) is 0. The maximum Gasteiger partial charge on any atom is 1.00 e. The Kier molecular flexibility index (Phi) is 5.78. The summed E-state index contributed by atoms with van der Waals surface area (Å²) in [5.41, 5.74) is 0. The molecule has 0 nitrogen and oxygen atoms in total. The molecule has 0 bridgehead atoms. The molecule has 0 amide bonds. The monoisotopic (exact) mass is 264 g/mol. The van der Waals surface area contributed by atoms with Crippen molar-refractivity contribution in [2.24, 2.45) is 0 Å². The molecule has 0 aliphatic carbocycles. The first-order chi connectivity index (χ1) is 2.00. The van der Waals surface area contributed by atoms with Gasteiger partial charge >= 0.3 is 56.6 Å². The quantitative estimate of drug-likeness (QED) is 0.509. The number of hydrogen-bond acceptors (Lipinski definition) is 0. The topological polar surface area (TPSA) is 0 Å². The van der Waals surface area contributed by atoms with Crippen LogP contribution in [0.25, 0.3) is 0 Å². The van der Waals surface area contributed by atoms with Gasteiger partial charge in [-0.05, 0) is 0 Å². The van der Waals surface area contributed by atoms with Gasteiger partial charge in [0, 0.05) is 0 Å². The predicted octanol–water partition coefficient (Wildman–Crippen LogP) is -0.663. The largest absolute Gasteiger partial charge is 1.00 e. The van der Waals surface area contributed by atoms with Crippen molar-refractivity contribution in [2.75, 3.05) is 0 Å². The van der Waals surface area contributed by atoms with Crippen molar-refractivity contribution in [1.29, 1.82) is 0 Å².